The molecule has 1 heterocycles. The third-order valence-electron chi connectivity index (χ3n) is 1.14. The van der Waals surface area contributed by atoms with Crippen LogP contribution in [-0.2, 0) is 4.84 Å². The van der Waals surface area contributed by atoms with Gasteiger partial charge in [0.25, 0.3) is 0 Å². The van der Waals surface area contributed by atoms with Gasteiger partial charge in [-0.2, -0.15) is 0 Å². The van der Waals surface area contributed by atoms with Crippen molar-refractivity contribution in [3.8, 4) is 0 Å². The Morgan fingerprint density at radius 3 is 2.50 bits per heavy atom. The number of hydrogen-bond acceptors (Lipinski definition) is 3. The lowest BCUT2D eigenvalue weighted by Gasteiger charge is -2.05. The summed E-state index contributed by atoms with van der Waals surface area (Å²) in [5, 5.41) is 3.64. The van der Waals surface area contributed by atoms with E-state index in [1.165, 1.54) is 0 Å². The van der Waals surface area contributed by atoms with Gasteiger partial charge in [-0.15, -0.1) is 0 Å². The molecule has 0 saturated heterocycles. The van der Waals surface area contributed by atoms with Gasteiger partial charge in [0.05, 0.1) is 0 Å². The van der Waals surface area contributed by atoms with Crippen molar-refractivity contribution in [3.05, 3.63) is 12.5 Å². The smallest absolute Gasteiger partial charge is 0.223 e. The highest BCUT2D eigenvalue weighted by Gasteiger charge is 2.12. The average molecular weight is 112 g/mol. The molecule has 8 heavy (non-hydrogen) atoms. The normalized spacial score (nSPS) is 18.5. The van der Waals surface area contributed by atoms with E-state index in [4.69, 9.17) is 4.84 Å². The predicted molar refractivity (Wildman–Crippen MR) is 31.1 cm³/mol. The van der Waals surface area contributed by atoms with Crippen LogP contribution in [0.25, 0.3) is 0 Å². The molecule has 44 valence electrons. The molecular formula is C5H8N2O. The monoisotopic (exact) mass is 112 g/mol. The van der Waals surface area contributed by atoms with Crippen LogP contribution in [0.2, 0.25) is 0 Å². The first-order valence-electron chi connectivity index (χ1n) is 2.36. The Kier molecular flexibility index (Phi) is 0.970. The number of rotatable bonds is 0. The van der Waals surface area contributed by atoms with Gasteiger partial charge in [0.2, 0.25) is 5.88 Å². The fourth-order valence-electron chi connectivity index (χ4n) is 0.422. The minimum atomic E-state index is 0.586. The minimum Gasteiger partial charge on any atom is -0.337 e. The standard InChI is InChI=1S/C5H8N2O/c1-4-6-8-5(2)7(4)3/h2H2,1,3H3. The fourth-order valence-corrected chi connectivity index (χ4v) is 0.422. The van der Waals surface area contributed by atoms with Gasteiger partial charge in [0, 0.05) is 7.05 Å². The zero-order valence-electron chi connectivity index (χ0n) is 5.01. The van der Waals surface area contributed by atoms with Gasteiger partial charge in [-0.3, -0.25) is 4.90 Å². The van der Waals surface area contributed by atoms with Gasteiger partial charge in [0.15, 0.2) is 0 Å². The van der Waals surface area contributed by atoms with Gasteiger partial charge < -0.3 is 4.84 Å². The van der Waals surface area contributed by atoms with Crippen LogP contribution in [-0.4, -0.2) is 17.8 Å². The molecule has 3 heteroatoms. The summed E-state index contributed by atoms with van der Waals surface area (Å²) in [5.74, 6) is 1.43. The van der Waals surface area contributed by atoms with Crippen molar-refractivity contribution in [2.75, 3.05) is 7.05 Å². The molecule has 0 saturated carbocycles. The Bertz CT molecular complexity index is 151. The summed E-state index contributed by atoms with van der Waals surface area (Å²) in [6, 6.07) is 0. The maximum atomic E-state index is 4.70. The van der Waals surface area contributed by atoms with E-state index in [1.54, 1.807) is 4.90 Å². The summed E-state index contributed by atoms with van der Waals surface area (Å²) in [5.41, 5.74) is 0. The molecule has 0 N–H and O–H groups in total. The maximum absolute atomic E-state index is 4.70. The van der Waals surface area contributed by atoms with E-state index in [1.807, 2.05) is 14.0 Å². The van der Waals surface area contributed by atoms with E-state index >= 15 is 0 Å². The Morgan fingerprint density at radius 2 is 2.38 bits per heavy atom. The Morgan fingerprint density at radius 1 is 1.75 bits per heavy atom. The molecule has 3 nitrogen and oxygen atoms in total. The van der Waals surface area contributed by atoms with Crippen LogP contribution in [0, 0.1) is 0 Å². The van der Waals surface area contributed by atoms with Gasteiger partial charge >= 0.3 is 0 Å². The summed E-state index contributed by atoms with van der Waals surface area (Å²) >= 11 is 0. The second-order valence-corrected chi connectivity index (χ2v) is 1.68. The van der Waals surface area contributed by atoms with Crippen LogP contribution in [0.15, 0.2) is 17.6 Å². The quantitative estimate of drug-likeness (QED) is 0.462. The number of oxime groups is 1. The van der Waals surface area contributed by atoms with Crippen molar-refractivity contribution < 1.29 is 4.84 Å². The van der Waals surface area contributed by atoms with Gasteiger partial charge in [-0.25, -0.2) is 0 Å². The topological polar surface area (TPSA) is 24.8 Å². The minimum absolute atomic E-state index is 0.586. The van der Waals surface area contributed by atoms with Gasteiger partial charge in [0.1, 0.15) is 5.84 Å². The van der Waals surface area contributed by atoms with E-state index in [0.29, 0.717) is 5.88 Å². The molecule has 0 atom stereocenters. The average Bonchev–Trinajstić information content (AvgIpc) is 1.98. The van der Waals surface area contributed by atoms with E-state index in [2.05, 4.69) is 11.7 Å². The molecular weight excluding hydrogens is 104 g/mol. The lowest BCUT2D eigenvalue weighted by molar-refractivity contribution is 0.209. The first-order valence-corrected chi connectivity index (χ1v) is 2.36. The summed E-state index contributed by atoms with van der Waals surface area (Å²) in [4.78, 5) is 6.47. The van der Waals surface area contributed by atoms with Gasteiger partial charge in [-0.05, 0) is 13.5 Å². The molecule has 0 unspecified atom stereocenters. The molecule has 0 aromatic rings. The summed E-state index contributed by atoms with van der Waals surface area (Å²) in [6.07, 6.45) is 0. The third kappa shape index (κ3) is 0.559. The fraction of sp³-hybridized carbons (Fsp3) is 0.400. The zero-order valence-corrected chi connectivity index (χ0v) is 5.01. The van der Waals surface area contributed by atoms with Crippen molar-refractivity contribution in [1.29, 1.82) is 0 Å². The van der Waals surface area contributed by atoms with Crippen molar-refractivity contribution in [2.24, 2.45) is 5.16 Å². The van der Waals surface area contributed by atoms with Crippen LogP contribution in [0.4, 0.5) is 0 Å². The molecule has 0 aliphatic carbocycles. The SMILES string of the molecule is C=C1ON=C(C)N1C. The first-order chi connectivity index (χ1) is 3.72. The number of nitrogens with zero attached hydrogens (tertiary/aromatic N) is 2. The largest absolute Gasteiger partial charge is 0.337 e. The molecule has 1 rings (SSSR count). The molecule has 0 bridgehead atoms. The summed E-state index contributed by atoms with van der Waals surface area (Å²) in [6.45, 7) is 5.43. The molecule has 0 amide bonds. The predicted octanol–water partition coefficient (Wildman–Crippen LogP) is 0.753. The molecule has 0 aromatic heterocycles. The zero-order chi connectivity index (χ0) is 6.15. The maximum Gasteiger partial charge on any atom is 0.223 e. The summed E-state index contributed by atoms with van der Waals surface area (Å²) in [7, 11) is 1.86. The number of amidine groups is 1. The van der Waals surface area contributed by atoms with Crippen LogP contribution in [0.1, 0.15) is 6.92 Å². The highest BCUT2D eigenvalue weighted by atomic mass is 16.7. The van der Waals surface area contributed by atoms with Crippen LogP contribution in [0.5, 0.6) is 0 Å². The van der Waals surface area contributed by atoms with E-state index < -0.39 is 0 Å². The molecule has 1 aliphatic rings. The lowest BCUT2D eigenvalue weighted by Crippen LogP contribution is -2.16. The Labute approximate surface area is 48.2 Å². The van der Waals surface area contributed by atoms with E-state index in [9.17, 15) is 0 Å². The highest BCUT2D eigenvalue weighted by Crippen LogP contribution is 2.09. The first kappa shape index (κ1) is 5.15. The number of hydrogen-bond donors (Lipinski definition) is 0. The van der Waals surface area contributed by atoms with Gasteiger partial charge in [-0.1, -0.05) is 5.16 Å². The van der Waals surface area contributed by atoms with Crippen molar-refractivity contribution in [2.45, 2.75) is 6.92 Å². The molecule has 0 aromatic carbocycles. The second kappa shape index (κ2) is 1.51. The van der Waals surface area contributed by atoms with E-state index in [0.717, 1.165) is 5.84 Å². The van der Waals surface area contributed by atoms with Crippen molar-refractivity contribution in [3.63, 3.8) is 0 Å². The lowest BCUT2D eigenvalue weighted by atomic mass is 10.6. The Hall–Kier alpha value is -0.990. The second-order valence-electron chi connectivity index (χ2n) is 1.68. The highest BCUT2D eigenvalue weighted by molar-refractivity contribution is 5.81. The molecule has 0 spiro atoms. The molecule has 0 fully saturated rings. The third-order valence-corrected chi connectivity index (χ3v) is 1.14. The molecule has 0 radical (unpaired) electrons. The van der Waals surface area contributed by atoms with Crippen LogP contribution < -0.4 is 0 Å². The van der Waals surface area contributed by atoms with E-state index in [-0.39, 0.29) is 0 Å². The van der Waals surface area contributed by atoms with Crippen molar-refractivity contribution in [1.82, 2.24) is 4.90 Å². The van der Waals surface area contributed by atoms with Crippen LogP contribution in [0.3, 0.4) is 0 Å². The molecule has 1 aliphatic heterocycles. The summed E-state index contributed by atoms with van der Waals surface area (Å²) < 4.78 is 0. The Balaban J connectivity index is 2.72. The van der Waals surface area contributed by atoms with Crippen molar-refractivity contribution >= 4 is 5.84 Å². The van der Waals surface area contributed by atoms with Crippen LogP contribution >= 0.6 is 0 Å².